The van der Waals surface area contributed by atoms with Gasteiger partial charge >= 0.3 is 5.97 Å². The molecule has 0 aromatic carbocycles. The van der Waals surface area contributed by atoms with Gasteiger partial charge in [0, 0.05) is 6.54 Å². The molecule has 2 rings (SSSR count). The van der Waals surface area contributed by atoms with Crippen molar-refractivity contribution in [2.24, 2.45) is 0 Å². The van der Waals surface area contributed by atoms with Crippen LogP contribution in [0, 0.1) is 0 Å². The molecule has 6 nitrogen and oxygen atoms in total. The molecule has 2 heterocycles. The van der Waals surface area contributed by atoms with Crippen LogP contribution in [0.1, 0.15) is 38.5 Å². The highest BCUT2D eigenvalue weighted by atomic mass is 16.5. The van der Waals surface area contributed by atoms with Crippen LogP contribution in [-0.4, -0.2) is 60.3 Å². The van der Waals surface area contributed by atoms with Gasteiger partial charge in [0.05, 0.1) is 6.10 Å². The number of hydrogen-bond donors (Lipinski definition) is 2. The molecule has 1 amide bonds. The second-order valence-corrected chi connectivity index (χ2v) is 5.55. The van der Waals surface area contributed by atoms with Gasteiger partial charge in [-0.05, 0) is 38.8 Å². The van der Waals surface area contributed by atoms with Crippen LogP contribution in [0.5, 0.6) is 0 Å². The monoisotopic (exact) mass is 284 g/mol. The zero-order chi connectivity index (χ0) is 14.4. The average molecular weight is 284 g/mol. The maximum atomic E-state index is 12.2. The Labute approximate surface area is 119 Å². The van der Waals surface area contributed by atoms with Crippen LogP contribution < -0.4 is 5.32 Å². The van der Waals surface area contributed by atoms with Gasteiger partial charge in [-0.15, -0.1) is 0 Å². The topological polar surface area (TPSA) is 78.9 Å². The number of amides is 1. The molecule has 0 spiro atoms. The Morgan fingerprint density at radius 3 is 2.60 bits per heavy atom. The molecule has 2 saturated heterocycles. The third-order valence-electron chi connectivity index (χ3n) is 4.09. The lowest BCUT2D eigenvalue weighted by atomic mass is 10.1. The van der Waals surface area contributed by atoms with E-state index in [1.807, 2.05) is 0 Å². The van der Waals surface area contributed by atoms with Crippen LogP contribution in [0.15, 0.2) is 0 Å². The summed E-state index contributed by atoms with van der Waals surface area (Å²) in [5, 5.41) is 12.5. The summed E-state index contributed by atoms with van der Waals surface area (Å²) in [7, 11) is 0. The average Bonchev–Trinajstić information content (AvgIpc) is 2.71. The van der Waals surface area contributed by atoms with Crippen LogP contribution in [-0.2, 0) is 14.3 Å². The molecule has 1 unspecified atom stereocenters. The molecule has 0 radical (unpaired) electrons. The molecule has 2 N–H and O–H groups in total. The van der Waals surface area contributed by atoms with Crippen molar-refractivity contribution in [2.75, 3.05) is 26.2 Å². The number of likely N-dealkylation sites (tertiary alicyclic amines) is 1. The third-order valence-corrected chi connectivity index (χ3v) is 4.09. The van der Waals surface area contributed by atoms with Crippen molar-refractivity contribution in [3.05, 3.63) is 0 Å². The Hall–Kier alpha value is -1.14. The summed E-state index contributed by atoms with van der Waals surface area (Å²) in [6.45, 7) is 2.38. The van der Waals surface area contributed by atoms with Gasteiger partial charge in [-0.1, -0.05) is 12.8 Å². The number of nitrogens with one attached hydrogen (secondary N) is 1. The van der Waals surface area contributed by atoms with E-state index in [0.29, 0.717) is 13.0 Å². The molecule has 0 aromatic heterocycles. The lowest BCUT2D eigenvalue weighted by Crippen LogP contribution is -2.46. The van der Waals surface area contributed by atoms with Crippen LogP contribution in [0.2, 0.25) is 0 Å². The van der Waals surface area contributed by atoms with Crippen molar-refractivity contribution in [1.29, 1.82) is 0 Å². The van der Waals surface area contributed by atoms with Gasteiger partial charge in [-0.2, -0.15) is 0 Å². The minimum absolute atomic E-state index is 0.00838. The van der Waals surface area contributed by atoms with E-state index < -0.39 is 12.0 Å². The summed E-state index contributed by atoms with van der Waals surface area (Å²) in [5.41, 5.74) is 0. The number of piperidine rings is 1. The number of carbonyl (C=O) groups is 2. The van der Waals surface area contributed by atoms with Crippen molar-refractivity contribution < 1.29 is 19.4 Å². The standard InChI is InChI=1S/C14H24N2O4/c17-13(10-20-11-5-7-15-8-6-11)16-9-3-1-2-4-12(16)14(18)19/h11-12,15H,1-10H2,(H,18,19). The minimum atomic E-state index is -0.901. The van der Waals surface area contributed by atoms with Crippen molar-refractivity contribution in [2.45, 2.75) is 50.7 Å². The summed E-state index contributed by atoms with van der Waals surface area (Å²) in [6.07, 6.45) is 5.23. The highest BCUT2D eigenvalue weighted by Crippen LogP contribution is 2.18. The van der Waals surface area contributed by atoms with E-state index >= 15 is 0 Å². The Morgan fingerprint density at radius 2 is 1.90 bits per heavy atom. The predicted molar refractivity (Wildman–Crippen MR) is 73.4 cm³/mol. The van der Waals surface area contributed by atoms with E-state index in [1.165, 1.54) is 4.90 Å². The molecular weight excluding hydrogens is 260 g/mol. The Morgan fingerprint density at radius 1 is 1.15 bits per heavy atom. The lowest BCUT2D eigenvalue weighted by molar-refractivity contribution is -0.153. The van der Waals surface area contributed by atoms with Gasteiger partial charge < -0.3 is 20.1 Å². The first-order chi connectivity index (χ1) is 9.68. The molecule has 114 valence electrons. The molecule has 6 heteroatoms. The van der Waals surface area contributed by atoms with E-state index in [2.05, 4.69) is 5.32 Å². The summed E-state index contributed by atoms with van der Waals surface area (Å²) in [6, 6.07) is -0.679. The highest BCUT2D eigenvalue weighted by molar-refractivity contribution is 5.84. The quantitative estimate of drug-likeness (QED) is 0.791. The number of carbonyl (C=O) groups excluding carboxylic acids is 1. The normalized spacial score (nSPS) is 25.2. The molecule has 0 saturated carbocycles. The van der Waals surface area contributed by atoms with E-state index in [-0.39, 0.29) is 18.6 Å². The van der Waals surface area contributed by atoms with E-state index in [0.717, 1.165) is 45.2 Å². The van der Waals surface area contributed by atoms with Gasteiger partial charge in [-0.3, -0.25) is 4.79 Å². The van der Waals surface area contributed by atoms with Crippen LogP contribution in [0.4, 0.5) is 0 Å². The second kappa shape index (κ2) is 7.59. The molecule has 2 aliphatic heterocycles. The van der Waals surface area contributed by atoms with Crippen molar-refractivity contribution in [3.63, 3.8) is 0 Å². The fourth-order valence-electron chi connectivity index (χ4n) is 2.90. The summed E-state index contributed by atoms with van der Waals surface area (Å²) < 4.78 is 5.64. The fraction of sp³-hybridized carbons (Fsp3) is 0.857. The number of hydrogen-bond acceptors (Lipinski definition) is 4. The largest absolute Gasteiger partial charge is 0.480 e. The second-order valence-electron chi connectivity index (χ2n) is 5.55. The number of carboxylic acid groups (broad SMARTS) is 1. The van der Waals surface area contributed by atoms with Crippen LogP contribution in [0.25, 0.3) is 0 Å². The van der Waals surface area contributed by atoms with Gasteiger partial charge in [0.1, 0.15) is 12.6 Å². The zero-order valence-corrected chi connectivity index (χ0v) is 11.8. The number of carboxylic acids is 1. The van der Waals surface area contributed by atoms with E-state index in [4.69, 9.17) is 4.74 Å². The molecule has 20 heavy (non-hydrogen) atoms. The number of nitrogens with zero attached hydrogens (tertiary/aromatic N) is 1. The Bertz CT molecular complexity index is 342. The third kappa shape index (κ3) is 4.18. The Balaban J connectivity index is 1.86. The molecule has 0 aromatic rings. The summed E-state index contributed by atoms with van der Waals surface area (Å²) >= 11 is 0. The van der Waals surface area contributed by atoms with Gasteiger partial charge in [-0.25, -0.2) is 4.79 Å². The molecule has 0 bridgehead atoms. The SMILES string of the molecule is O=C(O)C1CCCCCN1C(=O)COC1CCNCC1. The number of rotatable bonds is 4. The number of aliphatic carboxylic acids is 1. The van der Waals surface area contributed by atoms with Gasteiger partial charge in [0.25, 0.3) is 0 Å². The van der Waals surface area contributed by atoms with Crippen LogP contribution >= 0.6 is 0 Å². The first-order valence-electron chi connectivity index (χ1n) is 7.53. The molecule has 0 aliphatic carbocycles. The predicted octanol–water partition coefficient (Wildman–Crippen LogP) is 0.611. The van der Waals surface area contributed by atoms with Crippen LogP contribution in [0.3, 0.4) is 0 Å². The first kappa shape index (κ1) is 15.3. The maximum absolute atomic E-state index is 12.2. The summed E-state index contributed by atoms with van der Waals surface area (Å²) in [4.78, 5) is 25.0. The minimum Gasteiger partial charge on any atom is -0.480 e. The molecule has 2 fully saturated rings. The van der Waals surface area contributed by atoms with Crippen molar-refractivity contribution in [3.8, 4) is 0 Å². The number of ether oxygens (including phenoxy) is 1. The van der Waals surface area contributed by atoms with E-state index in [1.54, 1.807) is 0 Å². The Kier molecular flexibility index (Phi) is 5.79. The zero-order valence-electron chi connectivity index (χ0n) is 11.8. The fourth-order valence-corrected chi connectivity index (χ4v) is 2.90. The van der Waals surface area contributed by atoms with Gasteiger partial charge in [0.2, 0.25) is 5.91 Å². The van der Waals surface area contributed by atoms with Gasteiger partial charge in [0.15, 0.2) is 0 Å². The van der Waals surface area contributed by atoms with Crippen molar-refractivity contribution >= 4 is 11.9 Å². The summed E-state index contributed by atoms with van der Waals surface area (Å²) in [5.74, 6) is -1.08. The molecule has 1 atom stereocenters. The lowest BCUT2D eigenvalue weighted by Gasteiger charge is -2.28. The molecule has 2 aliphatic rings. The van der Waals surface area contributed by atoms with E-state index in [9.17, 15) is 14.7 Å². The first-order valence-corrected chi connectivity index (χ1v) is 7.53. The smallest absolute Gasteiger partial charge is 0.326 e. The highest BCUT2D eigenvalue weighted by Gasteiger charge is 2.31. The molecular formula is C14H24N2O4. The maximum Gasteiger partial charge on any atom is 0.326 e. The van der Waals surface area contributed by atoms with Crippen molar-refractivity contribution in [1.82, 2.24) is 10.2 Å².